The Morgan fingerprint density at radius 2 is 1.95 bits per heavy atom. The summed E-state index contributed by atoms with van der Waals surface area (Å²) in [6, 6.07) is -0.454. The van der Waals surface area contributed by atoms with Crippen molar-refractivity contribution in [2.75, 3.05) is 13.2 Å². The highest BCUT2D eigenvalue weighted by molar-refractivity contribution is 5.91. The van der Waals surface area contributed by atoms with E-state index < -0.39 is 17.7 Å². The molecule has 2 unspecified atom stereocenters. The number of Topliss-reactive ketones (excluding diaryl/α,β-unsaturated/α-hetero) is 1. The summed E-state index contributed by atoms with van der Waals surface area (Å²) >= 11 is 0. The molecule has 5 nitrogen and oxygen atoms in total. The smallest absolute Gasteiger partial charge is 0.408 e. The molecule has 2 rings (SSSR count). The molecule has 1 N–H and O–H groups in total. The maximum Gasteiger partial charge on any atom is 0.408 e. The molecule has 1 amide bonds. The molecule has 1 aliphatic carbocycles. The Labute approximate surface area is 114 Å². The minimum Gasteiger partial charge on any atom is -0.444 e. The molecule has 1 saturated heterocycles. The van der Waals surface area contributed by atoms with Crippen LogP contribution in [0.25, 0.3) is 0 Å². The second-order valence-electron chi connectivity index (χ2n) is 6.42. The van der Waals surface area contributed by atoms with E-state index in [4.69, 9.17) is 9.47 Å². The quantitative estimate of drug-likeness (QED) is 0.846. The standard InChI is InChI=1S/C14H23NO4/c1-14(2,3)19-13(17)15-11(10-6-7-18-8-10)12(16)9-4-5-9/h9-11H,4-8H2,1-3H3,(H,15,17). The number of rotatable bonds is 4. The molecule has 0 radical (unpaired) electrons. The summed E-state index contributed by atoms with van der Waals surface area (Å²) < 4.78 is 10.6. The van der Waals surface area contributed by atoms with Gasteiger partial charge in [-0.25, -0.2) is 4.79 Å². The van der Waals surface area contributed by atoms with E-state index in [1.807, 2.05) is 20.8 Å². The lowest BCUT2D eigenvalue weighted by atomic mass is 9.93. The zero-order valence-electron chi connectivity index (χ0n) is 11.9. The van der Waals surface area contributed by atoms with E-state index in [9.17, 15) is 9.59 Å². The van der Waals surface area contributed by atoms with Crippen LogP contribution >= 0.6 is 0 Å². The highest BCUT2D eigenvalue weighted by Crippen LogP contribution is 2.33. The summed E-state index contributed by atoms with van der Waals surface area (Å²) in [5.74, 6) is 0.350. The number of hydrogen-bond donors (Lipinski definition) is 1. The van der Waals surface area contributed by atoms with E-state index in [0.717, 1.165) is 19.3 Å². The Bertz CT molecular complexity index is 351. The van der Waals surface area contributed by atoms with Crippen LogP contribution in [-0.4, -0.2) is 36.7 Å². The molecule has 0 spiro atoms. The lowest BCUT2D eigenvalue weighted by Crippen LogP contribution is -2.48. The first kappa shape index (κ1) is 14.3. The second-order valence-corrected chi connectivity index (χ2v) is 6.42. The van der Waals surface area contributed by atoms with E-state index in [1.54, 1.807) is 0 Å². The Balaban J connectivity index is 1.96. The lowest BCUT2D eigenvalue weighted by Gasteiger charge is -2.25. The summed E-state index contributed by atoms with van der Waals surface area (Å²) in [6.45, 7) is 6.63. The van der Waals surface area contributed by atoms with Gasteiger partial charge in [0.25, 0.3) is 0 Å². The molecule has 1 saturated carbocycles. The van der Waals surface area contributed by atoms with Crippen LogP contribution in [0.5, 0.6) is 0 Å². The van der Waals surface area contributed by atoms with Crippen LogP contribution in [0.4, 0.5) is 4.79 Å². The van der Waals surface area contributed by atoms with Crippen molar-refractivity contribution in [2.24, 2.45) is 11.8 Å². The van der Waals surface area contributed by atoms with E-state index in [2.05, 4.69) is 5.32 Å². The van der Waals surface area contributed by atoms with E-state index in [1.165, 1.54) is 0 Å². The van der Waals surface area contributed by atoms with Crippen LogP contribution in [0.1, 0.15) is 40.0 Å². The van der Waals surface area contributed by atoms with E-state index in [0.29, 0.717) is 13.2 Å². The first-order valence-corrected chi connectivity index (χ1v) is 6.98. The van der Waals surface area contributed by atoms with Gasteiger partial charge in [-0.05, 0) is 40.0 Å². The molecule has 19 heavy (non-hydrogen) atoms. The van der Waals surface area contributed by atoms with Gasteiger partial charge in [-0.15, -0.1) is 0 Å². The van der Waals surface area contributed by atoms with Crippen molar-refractivity contribution in [3.05, 3.63) is 0 Å². The van der Waals surface area contributed by atoms with Crippen molar-refractivity contribution in [1.29, 1.82) is 0 Å². The molecule has 1 heterocycles. The highest BCUT2D eigenvalue weighted by atomic mass is 16.6. The van der Waals surface area contributed by atoms with Crippen molar-refractivity contribution < 1.29 is 19.1 Å². The molecule has 1 aliphatic heterocycles. The Morgan fingerprint density at radius 3 is 2.42 bits per heavy atom. The third kappa shape index (κ3) is 4.20. The van der Waals surface area contributed by atoms with Crippen molar-refractivity contribution in [3.8, 4) is 0 Å². The van der Waals surface area contributed by atoms with Gasteiger partial charge in [0.05, 0.1) is 12.6 Å². The minimum atomic E-state index is -0.552. The number of ether oxygens (including phenoxy) is 2. The topological polar surface area (TPSA) is 64.6 Å². The molecule has 2 aliphatic rings. The molecular formula is C14H23NO4. The maximum absolute atomic E-state index is 12.3. The molecule has 0 aromatic rings. The average molecular weight is 269 g/mol. The van der Waals surface area contributed by atoms with Gasteiger partial charge in [0.15, 0.2) is 5.78 Å². The monoisotopic (exact) mass is 269 g/mol. The number of carbonyl (C=O) groups excluding carboxylic acids is 2. The number of alkyl carbamates (subject to hydrolysis) is 1. The van der Waals surface area contributed by atoms with Crippen LogP contribution in [0.2, 0.25) is 0 Å². The number of amides is 1. The van der Waals surface area contributed by atoms with Crippen molar-refractivity contribution in [3.63, 3.8) is 0 Å². The summed E-state index contributed by atoms with van der Waals surface area (Å²) in [5.41, 5.74) is -0.552. The van der Waals surface area contributed by atoms with Gasteiger partial charge >= 0.3 is 6.09 Å². The summed E-state index contributed by atoms with van der Waals surface area (Å²) in [4.78, 5) is 24.1. The Hall–Kier alpha value is -1.10. The van der Waals surface area contributed by atoms with Crippen molar-refractivity contribution in [1.82, 2.24) is 5.32 Å². The van der Waals surface area contributed by atoms with Crippen LogP contribution in [0, 0.1) is 11.8 Å². The normalized spacial score (nSPS) is 24.9. The number of ketones is 1. The first-order chi connectivity index (χ1) is 8.87. The Morgan fingerprint density at radius 1 is 1.26 bits per heavy atom. The van der Waals surface area contributed by atoms with Gasteiger partial charge in [0, 0.05) is 18.4 Å². The van der Waals surface area contributed by atoms with Gasteiger partial charge in [-0.2, -0.15) is 0 Å². The van der Waals surface area contributed by atoms with Crippen LogP contribution in [-0.2, 0) is 14.3 Å². The van der Waals surface area contributed by atoms with Gasteiger partial charge in [-0.3, -0.25) is 4.79 Å². The predicted octanol–water partition coefficient (Wildman–Crippen LogP) is 1.90. The minimum absolute atomic E-state index is 0.0839. The third-order valence-electron chi connectivity index (χ3n) is 3.39. The molecule has 2 atom stereocenters. The second kappa shape index (κ2) is 5.49. The zero-order valence-corrected chi connectivity index (χ0v) is 11.9. The van der Waals surface area contributed by atoms with Crippen LogP contribution in [0.3, 0.4) is 0 Å². The predicted molar refractivity (Wildman–Crippen MR) is 69.8 cm³/mol. The van der Waals surface area contributed by atoms with Gasteiger partial charge in [-0.1, -0.05) is 0 Å². The fourth-order valence-corrected chi connectivity index (χ4v) is 2.29. The number of nitrogens with one attached hydrogen (secondary N) is 1. The molecule has 2 fully saturated rings. The van der Waals surface area contributed by atoms with E-state index in [-0.39, 0.29) is 17.6 Å². The fourth-order valence-electron chi connectivity index (χ4n) is 2.29. The fraction of sp³-hybridized carbons (Fsp3) is 0.857. The summed E-state index contributed by atoms with van der Waals surface area (Å²) in [6.07, 6.45) is 2.19. The highest BCUT2D eigenvalue weighted by Gasteiger charge is 2.41. The van der Waals surface area contributed by atoms with Crippen LogP contribution in [0.15, 0.2) is 0 Å². The molecular weight excluding hydrogens is 246 g/mol. The summed E-state index contributed by atoms with van der Waals surface area (Å²) in [7, 11) is 0. The average Bonchev–Trinajstić information content (AvgIpc) is 2.99. The van der Waals surface area contributed by atoms with Crippen molar-refractivity contribution in [2.45, 2.75) is 51.7 Å². The zero-order chi connectivity index (χ0) is 14.0. The van der Waals surface area contributed by atoms with Crippen LogP contribution < -0.4 is 5.32 Å². The number of hydrogen-bond acceptors (Lipinski definition) is 4. The first-order valence-electron chi connectivity index (χ1n) is 6.98. The van der Waals surface area contributed by atoms with Gasteiger partial charge < -0.3 is 14.8 Å². The lowest BCUT2D eigenvalue weighted by molar-refractivity contribution is -0.123. The summed E-state index contributed by atoms with van der Waals surface area (Å²) in [5, 5.41) is 2.75. The third-order valence-corrected chi connectivity index (χ3v) is 3.39. The maximum atomic E-state index is 12.3. The van der Waals surface area contributed by atoms with E-state index >= 15 is 0 Å². The Kier molecular flexibility index (Phi) is 4.13. The van der Waals surface area contributed by atoms with Gasteiger partial charge in [0.1, 0.15) is 5.60 Å². The van der Waals surface area contributed by atoms with Gasteiger partial charge in [0.2, 0.25) is 0 Å². The molecule has 0 bridgehead atoms. The molecule has 5 heteroatoms. The van der Waals surface area contributed by atoms with Crippen molar-refractivity contribution >= 4 is 11.9 Å². The molecule has 108 valence electrons. The molecule has 0 aromatic carbocycles. The number of carbonyl (C=O) groups is 2. The molecule has 0 aromatic heterocycles. The largest absolute Gasteiger partial charge is 0.444 e. The SMILES string of the molecule is CC(C)(C)OC(=O)NC(C(=O)C1CC1)C1CCOC1.